The smallest absolute Gasteiger partial charge is 0.158 e. The van der Waals surface area contributed by atoms with E-state index in [4.69, 9.17) is 10.1 Å². The summed E-state index contributed by atoms with van der Waals surface area (Å²) < 4.78 is 3.26. The molecule has 0 unspecified atom stereocenters. The lowest BCUT2D eigenvalue weighted by Gasteiger charge is -2.14. The summed E-state index contributed by atoms with van der Waals surface area (Å²) in [5.74, 6) is 0.529. The fraction of sp³-hybridized carbons (Fsp3) is 0.474. The molecule has 0 N–H and O–H groups in total. The molecule has 0 aliphatic carbocycles. The van der Waals surface area contributed by atoms with Gasteiger partial charge in [-0.3, -0.25) is 0 Å². The zero-order valence-electron chi connectivity index (χ0n) is 15.2. The average molecular weight is 406 g/mol. The minimum absolute atomic E-state index is 0.529. The van der Waals surface area contributed by atoms with Gasteiger partial charge in [0.05, 0.1) is 20.1 Å². The van der Waals surface area contributed by atoms with Crippen molar-refractivity contribution in [3.05, 3.63) is 37.9 Å². The maximum absolute atomic E-state index is 4.92. The SMILES string of the molecule is CCC(CC)c1cc(C)nn2c(-c3sc(Br)c(C)c3C)c(C)nc12. The van der Waals surface area contributed by atoms with Crippen molar-refractivity contribution in [1.29, 1.82) is 0 Å². The van der Waals surface area contributed by atoms with Gasteiger partial charge in [0.1, 0.15) is 5.69 Å². The van der Waals surface area contributed by atoms with Gasteiger partial charge in [-0.2, -0.15) is 5.10 Å². The zero-order chi connectivity index (χ0) is 17.6. The second-order valence-corrected chi connectivity index (χ2v) is 8.83. The number of halogens is 1. The standard InChI is InChI=1S/C19H24BrN3S/c1-7-14(8-2)15-9-10(3)22-23-16(13(6)21-19(15)23)17-11(4)12(5)18(20)24-17/h9,14H,7-8H2,1-6H3. The predicted molar refractivity (Wildman–Crippen MR) is 106 cm³/mol. The van der Waals surface area contributed by atoms with Crippen molar-refractivity contribution in [2.45, 2.75) is 60.3 Å². The third kappa shape index (κ3) is 2.72. The van der Waals surface area contributed by atoms with E-state index in [9.17, 15) is 0 Å². The molecule has 3 aromatic rings. The lowest BCUT2D eigenvalue weighted by molar-refractivity contribution is 0.638. The summed E-state index contributed by atoms with van der Waals surface area (Å²) in [6.07, 6.45) is 2.25. The number of hydrogen-bond donors (Lipinski definition) is 0. The fourth-order valence-electron chi connectivity index (χ4n) is 3.35. The van der Waals surface area contributed by atoms with E-state index in [1.54, 1.807) is 11.3 Å². The average Bonchev–Trinajstić information content (AvgIpc) is 2.99. The quantitative estimate of drug-likeness (QED) is 0.505. The molecule has 24 heavy (non-hydrogen) atoms. The third-order valence-electron chi connectivity index (χ3n) is 4.94. The van der Waals surface area contributed by atoms with Gasteiger partial charge in [0, 0.05) is 5.56 Å². The van der Waals surface area contributed by atoms with Crippen molar-refractivity contribution in [1.82, 2.24) is 14.6 Å². The highest BCUT2D eigenvalue weighted by molar-refractivity contribution is 9.11. The van der Waals surface area contributed by atoms with Crippen LogP contribution in [0.2, 0.25) is 0 Å². The molecule has 0 atom stereocenters. The van der Waals surface area contributed by atoms with E-state index in [1.165, 1.54) is 25.4 Å². The Bertz CT molecular complexity index is 903. The van der Waals surface area contributed by atoms with Crippen molar-refractivity contribution >= 4 is 32.9 Å². The maximum atomic E-state index is 4.92. The van der Waals surface area contributed by atoms with Gasteiger partial charge in [-0.15, -0.1) is 11.3 Å². The minimum atomic E-state index is 0.529. The number of nitrogens with zero attached hydrogens (tertiary/aromatic N) is 3. The molecule has 0 bridgehead atoms. The van der Waals surface area contributed by atoms with Crippen molar-refractivity contribution in [2.75, 3.05) is 0 Å². The first kappa shape index (κ1) is 17.6. The summed E-state index contributed by atoms with van der Waals surface area (Å²) in [4.78, 5) is 6.18. The van der Waals surface area contributed by atoms with Crippen LogP contribution >= 0.6 is 27.3 Å². The Morgan fingerprint density at radius 1 is 1.12 bits per heavy atom. The van der Waals surface area contributed by atoms with Gasteiger partial charge in [-0.25, -0.2) is 9.50 Å². The molecule has 0 aromatic carbocycles. The first-order chi connectivity index (χ1) is 11.4. The third-order valence-corrected chi connectivity index (χ3v) is 7.21. The minimum Gasteiger partial charge on any atom is -0.231 e. The van der Waals surface area contributed by atoms with E-state index in [-0.39, 0.29) is 0 Å². The molecule has 3 nitrogen and oxygen atoms in total. The van der Waals surface area contributed by atoms with Gasteiger partial charge in [0.2, 0.25) is 0 Å². The zero-order valence-corrected chi connectivity index (χ0v) is 17.6. The van der Waals surface area contributed by atoms with Crippen molar-refractivity contribution < 1.29 is 0 Å². The van der Waals surface area contributed by atoms with Crippen LogP contribution in [-0.2, 0) is 0 Å². The number of fused-ring (bicyclic) bond motifs is 1. The molecular weight excluding hydrogens is 382 g/mol. The molecule has 0 aliphatic heterocycles. The number of aryl methyl sites for hydroxylation is 2. The highest BCUT2D eigenvalue weighted by Crippen LogP contribution is 2.41. The number of hydrogen-bond acceptors (Lipinski definition) is 3. The normalized spacial score (nSPS) is 11.8. The number of thiophene rings is 1. The molecule has 0 spiro atoms. The van der Waals surface area contributed by atoms with Crippen LogP contribution in [0.25, 0.3) is 16.2 Å². The second kappa shape index (κ2) is 6.60. The van der Waals surface area contributed by atoms with Crippen LogP contribution in [0.3, 0.4) is 0 Å². The summed E-state index contributed by atoms with van der Waals surface area (Å²) in [5.41, 5.74) is 8.19. The summed E-state index contributed by atoms with van der Waals surface area (Å²) in [6.45, 7) is 13.0. The predicted octanol–water partition coefficient (Wildman–Crippen LogP) is 6.36. The van der Waals surface area contributed by atoms with Gasteiger partial charge >= 0.3 is 0 Å². The molecule has 5 heteroatoms. The number of imidazole rings is 1. The highest BCUT2D eigenvalue weighted by Gasteiger charge is 2.22. The van der Waals surface area contributed by atoms with Crippen LogP contribution in [0.5, 0.6) is 0 Å². The van der Waals surface area contributed by atoms with E-state index < -0.39 is 0 Å². The fourth-order valence-corrected chi connectivity index (χ4v) is 5.26. The molecule has 0 aliphatic rings. The monoisotopic (exact) mass is 405 g/mol. The molecule has 0 saturated heterocycles. The molecule has 0 radical (unpaired) electrons. The van der Waals surface area contributed by atoms with Crippen LogP contribution < -0.4 is 0 Å². The molecule has 3 aromatic heterocycles. The van der Waals surface area contributed by atoms with Gasteiger partial charge in [-0.05, 0) is 79.6 Å². The first-order valence-electron chi connectivity index (χ1n) is 8.51. The van der Waals surface area contributed by atoms with Crippen LogP contribution in [0.1, 0.15) is 60.7 Å². The van der Waals surface area contributed by atoms with E-state index in [2.05, 4.69) is 68.1 Å². The molecule has 128 valence electrons. The Morgan fingerprint density at radius 2 is 1.79 bits per heavy atom. The second-order valence-electron chi connectivity index (χ2n) is 6.49. The van der Waals surface area contributed by atoms with Gasteiger partial charge in [0.25, 0.3) is 0 Å². The van der Waals surface area contributed by atoms with Crippen LogP contribution in [0, 0.1) is 27.7 Å². The lowest BCUT2D eigenvalue weighted by atomic mass is 9.95. The van der Waals surface area contributed by atoms with Crippen molar-refractivity contribution in [3.8, 4) is 10.6 Å². The van der Waals surface area contributed by atoms with E-state index in [0.29, 0.717) is 5.92 Å². The molecule has 0 fully saturated rings. The molecular formula is C19H24BrN3S. The number of rotatable bonds is 4. The van der Waals surface area contributed by atoms with Gasteiger partial charge < -0.3 is 0 Å². The molecule has 3 heterocycles. The topological polar surface area (TPSA) is 30.2 Å². The maximum Gasteiger partial charge on any atom is 0.158 e. The van der Waals surface area contributed by atoms with E-state index in [1.807, 2.05) is 0 Å². The van der Waals surface area contributed by atoms with Crippen LogP contribution in [0.15, 0.2) is 9.85 Å². The summed E-state index contributed by atoms with van der Waals surface area (Å²) in [7, 11) is 0. The Hall–Kier alpha value is -1.20. The highest BCUT2D eigenvalue weighted by atomic mass is 79.9. The van der Waals surface area contributed by atoms with E-state index in [0.717, 1.165) is 35.6 Å². The Morgan fingerprint density at radius 3 is 2.33 bits per heavy atom. The molecule has 0 amide bonds. The summed E-state index contributed by atoms with van der Waals surface area (Å²) >= 11 is 5.46. The Labute approximate surface area is 156 Å². The Kier molecular flexibility index (Phi) is 4.85. The number of aromatic nitrogens is 3. The van der Waals surface area contributed by atoms with Crippen molar-refractivity contribution in [2.24, 2.45) is 0 Å². The largest absolute Gasteiger partial charge is 0.231 e. The molecule has 3 rings (SSSR count). The summed E-state index contributed by atoms with van der Waals surface area (Å²) in [6, 6.07) is 2.21. The van der Waals surface area contributed by atoms with Crippen LogP contribution in [0.4, 0.5) is 0 Å². The van der Waals surface area contributed by atoms with Crippen LogP contribution in [-0.4, -0.2) is 14.6 Å². The first-order valence-corrected chi connectivity index (χ1v) is 10.1. The lowest BCUT2D eigenvalue weighted by Crippen LogP contribution is -2.05. The Balaban J connectivity index is 2.35. The van der Waals surface area contributed by atoms with E-state index >= 15 is 0 Å². The molecule has 0 saturated carbocycles. The van der Waals surface area contributed by atoms with Gasteiger partial charge in [-0.1, -0.05) is 13.8 Å². The van der Waals surface area contributed by atoms with Crippen molar-refractivity contribution in [3.63, 3.8) is 0 Å². The van der Waals surface area contributed by atoms with Gasteiger partial charge in [0.15, 0.2) is 5.65 Å². The summed E-state index contributed by atoms with van der Waals surface area (Å²) in [5, 5.41) is 4.81.